The lowest BCUT2D eigenvalue weighted by Gasteiger charge is -2.50. The Labute approximate surface area is 142 Å². The molecule has 1 atom stereocenters. The molecule has 2 aliphatic heterocycles. The first-order valence-corrected chi connectivity index (χ1v) is 8.30. The summed E-state index contributed by atoms with van der Waals surface area (Å²) in [6.07, 6.45) is 1.49. The Morgan fingerprint density at radius 2 is 1.88 bits per heavy atom. The molecule has 0 aliphatic carbocycles. The van der Waals surface area contributed by atoms with E-state index in [1.54, 1.807) is 36.3 Å². The highest BCUT2D eigenvalue weighted by atomic mass is 16.5. The number of likely N-dealkylation sites (N-methyl/N-ethyl adjacent to an activating group) is 1. The molecule has 6 nitrogen and oxygen atoms in total. The van der Waals surface area contributed by atoms with Crippen molar-refractivity contribution < 1.29 is 19.1 Å². The lowest BCUT2D eigenvalue weighted by molar-refractivity contribution is -0.181. The second-order valence-corrected chi connectivity index (χ2v) is 6.55. The Morgan fingerprint density at radius 1 is 1.25 bits per heavy atom. The van der Waals surface area contributed by atoms with Crippen LogP contribution < -0.4 is 4.74 Å². The molecule has 1 unspecified atom stereocenters. The molecule has 0 bridgehead atoms. The smallest absolute Gasteiger partial charge is 0.253 e. The average Bonchev–Trinajstić information content (AvgIpc) is 2.63. The molecular formula is C18H24N2O4. The quantitative estimate of drug-likeness (QED) is 0.824. The molecule has 1 aromatic carbocycles. The van der Waals surface area contributed by atoms with Gasteiger partial charge in [0.05, 0.1) is 18.8 Å². The highest BCUT2D eigenvalue weighted by molar-refractivity contribution is 5.94. The van der Waals surface area contributed by atoms with Crippen LogP contribution in [0.1, 0.15) is 30.1 Å². The molecular weight excluding hydrogens is 308 g/mol. The van der Waals surface area contributed by atoms with Gasteiger partial charge in [0, 0.05) is 25.7 Å². The van der Waals surface area contributed by atoms with Gasteiger partial charge in [-0.15, -0.1) is 0 Å². The van der Waals surface area contributed by atoms with Crippen molar-refractivity contribution in [3.63, 3.8) is 0 Å². The number of piperidine rings is 1. The van der Waals surface area contributed by atoms with Gasteiger partial charge >= 0.3 is 0 Å². The molecule has 2 heterocycles. The van der Waals surface area contributed by atoms with Crippen LogP contribution in [0.4, 0.5) is 0 Å². The van der Waals surface area contributed by atoms with E-state index < -0.39 is 0 Å². The second kappa shape index (κ2) is 6.43. The third-order valence-electron chi connectivity index (χ3n) is 5.45. The van der Waals surface area contributed by atoms with E-state index in [-0.39, 0.29) is 30.1 Å². The predicted molar refractivity (Wildman–Crippen MR) is 89.0 cm³/mol. The number of hydrogen-bond acceptors (Lipinski definition) is 4. The molecule has 2 fully saturated rings. The van der Waals surface area contributed by atoms with Gasteiger partial charge in [0.25, 0.3) is 5.91 Å². The fourth-order valence-electron chi connectivity index (χ4n) is 3.56. The molecule has 6 heteroatoms. The van der Waals surface area contributed by atoms with E-state index in [4.69, 9.17) is 9.47 Å². The van der Waals surface area contributed by atoms with Crippen LogP contribution in [0, 0.1) is 0 Å². The van der Waals surface area contributed by atoms with Crippen LogP contribution in [0.15, 0.2) is 24.3 Å². The van der Waals surface area contributed by atoms with Crippen molar-refractivity contribution in [2.75, 3.05) is 33.9 Å². The third kappa shape index (κ3) is 2.86. The van der Waals surface area contributed by atoms with Crippen LogP contribution in [0.3, 0.4) is 0 Å². The van der Waals surface area contributed by atoms with Gasteiger partial charge < -0.3 is 19.3 Å². The first-order valence-electron chi connectivity index (χ1n) is 8.30. The zero-order valence-corrected chi connectivity index (χ0v) is 14.4. The molecule has 0 saturated carbocycles. The van der Waals surface area contributed by atoms with E-state index in [1.165, 1.54) is 0 Å². The monoisotopic (exact) mass is 332 g/mol. The van der Waals surface area contributed by atoms with E-state index in [0.717, 1.165) is 18.6 Å². The molecule has 24 heavy (non-hydrogen) atoms. The van der Waals surface area contributed by atoms with Crippen molar-refractivity contribution in [1.82, 2.24) is 9.80 Å². The summed E-state index contributed by atoms with van der Waals surface area (Å²) in [4.78, 5) is 28.0. The average molecular weight is 332 g/mol. The summed E-state index contributed by atoms with van der Waals surface area (Å²) in [7, 11) is 3.43. The molecule has 0 aromatic heterocycles. The Hall–Kier alpha value is -2.08. The molecule has 0 N–H and O–H groups in total. The highest BCUT2D eigenvalue weighted by Crippen LogP contribution is 2.35. The fourth-order valence-corrected chi connectivity index (χ4v) is 3.56. The molecule has 2 aliphatic rings. The van der Waals surface area contributed by atoms with Crippen molar-refractivity contribution in [3.8, 4) is 5.75 Å². The topological polar surface area (TPSA) is 59.1 Å². The minimum atomic E-state index is -0.334. The highest BCUT2D eigenvalue weighted by Gasteiger charge is 2.47. The fraction of sp³-hybridized carbons (Fsp3) is 0.556. The Morgan fingerprint density at radius 3 is 2.46 bits per heavy atom. The lowest BCUT2D eigenvalue weighted by Crippen LogP contribution is -2.63. The molecule has 0 radical (unpaired) electrons. The summed E-state index contributed by atoms with van der Waals surface area (Å²) in [5.41, 5.74) is 0.330. The van der Waals surface area contributed by atoms with Gasteiger partial charge in [-0.3, -0.25) is 9.59 Å². The lowest BCUT2D eigenvalue weighted by atomic mass is 9.82. The minimum Gasteiger partial charge on any atom is -0.497 e. The van der Waals surface area contributed by atoms with Gasteiger partial charge in [-0.25, -0.2) is 0 Å². The van der Waals surface area contributed by atoms with Gasteiger partial charge in [0.1, 0.15) is 12.4 Å². The SMILES string of the molecule is COc1ccc(C(=O)N2CCC3(CC2)OCC(=O)N(C)C3C)cc1. The summed E-state index contributed by atoms with van der Waals surface area (Å²) < 4.78 is 11.0. The van der Waals surface area contributed by atoms with Crippen molar-refractivity contribution in [2.24, 2.45) is 0 Å². The zero-order chi connectivity index (χ0) is 17.3. The summed E-state index contributed by atoms with van der Waals surface area (Å²) in [5.74, 6) is 0.784. The normalized spacial score (nSPS) is 23.5. The Balaban J connectivity index is 1.66. The van der Waals surface area contributed by atoms with Gasteiger partial charge in [-0.2, -0.15) is 0 Å². The van der Waals surface area contributed by atoms with Gasteiger partial charge in [-0.1, -0.05) is 0 Å². The molecule has 2 saturated heterocycles. The number of morpholine rings is 1. The summed E-state index contributed by atoms with van der Waals surface area (Å²) >= 11 is 0. The number of rotatable bonds is 2. The van der Waals surface area contributed by atoms with E-state index >= 15 is 0 Å². The number of nitrogens with zero attached hydrogens (tertiary/aromatic N) is 2. The van der Waals surface area contributed by atoms with Crippen molar-refractivity contribution in [2.45, 2.75) is 31.4 Å². The molecule has 1 aromatic rings. The molecule has 130 valence electrons. The van der Waals surface area contributed by atoms with Crippen LogP contribution in [0.5, 0.6) is 5.75 Å². The first kappa shape index (κ1) is 16.8. The molecule has 2 amide bonds. The zero-order valence-electron chi connectivity index (χ0n) is 14.4. The largest absolute Gasteiger partial charge is 0.497 e. The van der Waals surface area contributed by atoms with Gasteiger partial charge in [0.2, 0.25) is 5.91 Å². The maximum Gasteiger partial charge on any atom is 0.253 e. The van der Waals surface area contributed by atoms with Gasteiger partial charge in [-0.05, 0) is 44.0 Å². The second-order valence-electron chi connectivity index (χ2n) is 6.55. The standard InChI is InChI=1S/C18H24N2O4/c1-13-18(24-12-16(21)19(13)2)8-10-20(11-9-18)17(22)14-4-6-15(23-3)7-5-14/h4-7,13H,8-12H2,1-3H3. The Bertz CT molecular complexity index is 620. The first-order chi connectivity index (χ1) is 11.5. The summed E-state index contributed by atoms with van der Waals surface area (Å²) in [6.45, 7) is 3.43. The number of hydrogen-bond donors (Lipinski definition) is 0. The Kier molecular flexibility index (Phi) is 4.49. The van der Waals surface area contributed by atoms with Crippen LogP contribution in [-0.2, 0) is 9.53 Å². The van der Waals surface area contributed by atoms with Crippen LogP contribution >= 0.6 is 0 Å². The van der Waals surface area contributed by atoms with E-state index in [2.05, 4.69) is 0 Å². The van der Waals surface area contributed by atoms with E-state index in [1.807, 2.05) is 18.9 Å². The number of likely N-dealkylation sites (tertiary alicyclic amines) is 1. The predicted octanol–water partition coefficient (Wildman–Crippen LogP) is 1.55. The number of ether oxygens (including phenoxy) is 2. The maximum atomic E-state index is 12.6. The maximum absolute atomic E-state index is 12.6. The summed E-state index contributed by atoms with van der Waals surface area (Å²) in [5, 5.41) is 0. The molecule has 3 rings (SSSR count). The van der Waals surface area contributed by atoms with Crippen molar-refractivity contribution in [3.05, 3.63) is 29.8 Å². The van der Waals surface area contributed by atoms with E-state index in [0.29, 0.717) is 18.7 Å². The van der Waals surface area contributed by atoms with Crippen LogP contribution in [-0.4, -0.2) is 67.1 Å². The van der Waals surface area contributed by atoms with Crippen molar-refractivity contribution >= 4 is 11.8 Å². The number of carbonyl (C=O) groups is 2. The van der Waals surface area contributed by atoms with Gasteiger partial charge in [0.15, 0.2) is 0 Å². The minimum absolute atomic E-state index is 0.0184. The number of benzene rings is 1. The molecule has 1 spiro atoms. The third-order valence-corrected chi connectivity index (χ3v) is 5.45. The number of methoxy groups -OCH3 is 1. The summed E-state index contributed by atoms with van der Waals surface area (Å²) in [6, 6.07) is 7.20. The van der Waals surface area contributed by atoms with Crippen LogP contribution in [0.2, 0.25) is 0 Å². The number of carbonyl (C=O) groups excluding carboxylic acids is 2. The number of amides is 2. The van der Waals surface area contributed by atoms with Crippen LogP contribution in [0.25, 0.3) is 0 Å². The van der Waals surface area contributed by atoms with Crippen molar-refractivity contribution in [1.29, 1.82) is 0 Å². The van der Waals surface area contributed by atoms with E-state index in [9.17, 15) is 9.59 Å².